The number of anilines is 1. The van der Waals surface area contributed by atoms with Gasteiger partial charge in [0.2, 0.25) is 0 Å². The van der Waals surface area contributed by atoms with Gasteiger partial charge in [-0.2, -0.15) is 0 Å². The Hall–Kier alpha value is -3.23. The molecular weight excluding hydrogens is 430 g/mol. The van der Waals surface area contributed by atoms with Gasteiger partial charge in [-0.25, -0.2) is 4.79 Å². The molecule has 1 saturated heterocycles. The molecule has 0 radical (unpaired) electrons. The Morgan fingerprint density at radius 1 is 1.12 bits per heavy atom. The van der Waals surface area contributed by atoms with Crippen LogP contribution in [0.2, 0.25) is 0 Å². The second-order valence-electron chi connectivity index (χ2n) is 9.51. The van der Waals surface area contributed by atoms with Crippen molar-refractivity contribution in [3.63, 3.8) is 0 Å². The summed E-state index contributed by atoms with van der Waals surface area (Å²) >= 11 is 0. The molecule has 8 heteroatoms. The number of amides is 2. The number of phenolic OH excluding ortho intramolecular Hbond substituents is 2. The molecule has 1 fully saturated rings. The summed E-state index contributed by atoms with van der Waals surface area (Å²) in [5.41, 5.74) is 14.8. The zero-order chi connectivity index (χ0) is 24.4. The number of aromatic nitrogens is 1. The Morgan fingerprint density at radius 2 is 1.82 bits per heavy atom. The summed E-state index contributed by atoms with van der Waals surface area (Å²) in [6, 6.07) is 9.89. The van der Waals surface area contributed by atoms with Gasteiger partial charge in [0.25, 0.3) is 0 Å². The van der Waals surface area contributed by atoms with Gasteiger partial charge in [-0.3, -0.25) is 4.90 Å². The molecular formula is C26H35N5O3. The topological polar surface area (TPSA) is 130 Å². The Kier molecular flexibility index (Phi) is 7.00. The maximum atomic E-state index is 12.5. The Labute approximate surface area is 200 Å². The monoisotopic (exact) mass is 465 g/mol. The molecule has 2 heterocycles. The number of primary amides is 1. The van der Waals surface area contributed by atoms with Crippen LogP contribution in [0, 0.1) is 5.92 Å². The first-order valence-electron chi connectivity index (χ1n) is 12.0. The Morgan fingerprint density at radius 3 is 2.50 bits per heavy atom. The van der Waals surface area contributed by atoms with Crippen molar-refractivity contribution in [3.8, 4) is 11.5 Å². The first-order valence-corrected chi connectivity index (χ1v) is 12.0. The molecule has 7 N–H and O–H groups in total. The maximum Gasteiger partial charge on any atom is 0.320 e. The number of phenols is 2. The number of hydrogen-bond donors (Lipinski definition) is 5. The molecule has 4 rings (SSSR count). The van der Waals surface area contributed by atoms with Crippen LogP contribution in [-0.2, 0) is 6.54 Å². The number of benzene rings is 2. The number of nitrogens with zero attached hydrogens (tertiary/aromatic N) is 2. The molecule has 182 valence electrons. The molecule has 1 aliphatic heterocycles. The van der Waals surface area contributed by atoms with Crippen molar-refractivity contribution in [2.24, 2.45) is 17.4 Å². The van der Waals surface area contributed by atoms with Crippen LogP contribution in [0.25, 0.3) is 10.9 Å². The van der Waals surface area contributed by atoms with Gasteiger partial charge in [-0.05, 0) is 80.1 Å². The number of piperidine rings is 1. The Bertz CT molecular complexity index is 1170. The molecule has 34 heavy (non-hydrogen) atoms. The van der Waals surface area contributed by atoms with Gasteiger partial charge < -0.3 is 31.6 Å². The van der Waals surface area contributed by atoms with Crippen LogP contribution in [0.4, 0.5) is 10.5 Å². The van der Waals surface area contributed by atoms with Crippen molar-refractivity contribution in [2.75, 3.05) is 18.0 Å². The summed E-state index contributed by atoms with van der Waals surface area (Å²) in [7, 11) is 0. The molecule has 8 nitrogen and oxygen atoms in total. The molecule has 0 aliphatic carbocycles. The van der Waals surface area contributed by atoms with Crippen molar-refractivity contribution in [1.82, 2.24) is 9.88 Å². The molecule has 0 bridgehead atoms. The molecule has 2 amide bonds. The summed E-state index contributed by atoms with van der Waals surface area (Å²) in [6.45, 7) is 7.00. The van der Waals surface area contributed by atoms with Crippen LogP contribution in [0.15, 0.2) is 42.6 Å². The molecule has 2 aromatic carbocycles. The summed E-state index contributed by atoms with van der Waals surface area (Å²) in [6.07, 6.45) is 4.64. The number of fused-ring (bicyclic) bond motifs is 1. The van der Waals surface area contributed by atoms with E-state index in [1.807, 2.05) is 38.1 Å². The van der Waals surface area contributed by atoms with E-state index < -0.39 is 12.2 Å². The van der Waals surface area contributed by atoms with Crippen molar-refractivity contribution in [2.45, 2.75) is 51.7 Å². The predicted octanol–water partition coefficient (Wildman–Crippen LogP) is 4.11. The largest absolute Gasteiger partial charge is 0.508 e. The van der Waals surface area contributed by atoms with Crippen molar-refractivity contribution in [1.29, 1.82) is 0 Å². The van der Waals surface area contributed by atoms with Gasteiger partial charge in [0.1, 0.15) is 17.7 Å². The fourth-order valence-corrected chi connectivity index (χ4v) is 4.90. The minimum absolute atomic E-state index is 0.00886. The second-order valence-corrected chi connectivity index (χ2v) is 9.51. The first-order chi connectivity index (χ1) is 16.3. The van der Waals surface area contributed by atoms with Gasteiger partial charge in [0, 0.05) is 41.0 Å². The number of rotatable bonds is 7. The second kappa shape index (κ2) is 9.95. The molecule has 0 spiro atoms. The lowest BCUT2D eigenvalue weighted by Crippen LogP contribution is -2.43. The fourth-order valence-electron chi connectivity index (χ4n) is 4.90. The van der Waals surface area contributed by atoms with Crippen LogP contribution in [-0.4, -0.2) is 33.9 Å². The number of carbonyl (C=O) groups is 1. The number of hydrogen-bond acceptors (Lipinski definition) is 5. The normalized spacial score (nSPS) is 15.6. The van der Waals surface area contributed by atoms with Crippen LogP contribution in [0.3, 0.4) is 0 Å². The van der Waals surface area contributed by atoms with E-state index in [0.717, 1.165) is 42.9 Å². The van der Waals surface area contributed by atoms with E-state index in [9.17, 15) is 15.0 Å². The molecule has 0 saturated carbocycles. The predicted molar refractivity (Wildman–Crippen MR) is 135 cm³/mol. The minimum atomic E-state index is -1.02. The number of aromatic hydroxyl groups is 2. The van der Waals surface area contributed by atoms with Gasteiger partial charge in [-0.1, -0.05) is 13.8 Å². The van der Waals surface area contributed by atoms with Crippen LogP contribution in [0.1, 0.15) is 56.3 Å². The maximum absolute atomic E-state index is 12.5. The van der Waals surface area contributed by atoms with E-state index in [2.05, 4.69) is 16.1 Å². The van der Waals surface area contributed by atoms with Gasteiger partial charge in [0.15, 0.2) is 0 Å². The molecule has 3 aromatic rings. The highest BCUT2D eigenvalue weighted by Gasteiger charge is 2.26. The summed E-state index contributed by atoms with van der Waals surface area (Å²) < 4.78 is 2.25. The molecule has 1 atom stereocenters. The zero-order valence-electron chi connectivity index (χ0n) is 19.9. The minimum Gasteiger partial charge on any atom is -0.508 e. The highest BCUT2D eigenvalue weighted by atomic mass is 16.3. The standard InChI is InChI=1S/C26H35N5O3/c1-16(2)20-14-21(24(33)15-23(20)32)25(27)31(26(28)34)19-3-4-22-18(13-19)8-12-30(22)11-7-17-5-9-29-10-6-17/h3-4,8,12-17,25,29,32-33H,5-7,9-11,27H2,1-2H3,(H2,28,34). The zero-order valence-corrected chi connectivity index (χ0v) is 19.9. The van der Waals surface area contributed by atoms with Gasteiger partial charge in [0.05, 0.1) is 0 Å². The van der Waals surface area contributed by atoms with Crippen molar-refractivity contribution < 1.29 is 15.0 Å². The average molecular weight is 466 g/mol. The molecule has 1 aromatic heterocycles. The van der Waals surface area contributed by atoms with Gasteiger partial charge >= 0.3 is 6.03 Å². The van der Waals surface area contributed by atoms with Crippen LogP contribution in [0.5, 0.6) is 11.5 Å². The third-order valence-corrected chi connectivity index (χ3v) is 6.90. The van der Waals surface area contributed by atoms with E-state index in [0.29, 0.717) is 16.8 Å². The van der Waals surface area contributed by atoms with Crippen molar-refractivity contribution in [3.05, 3.63) is 53.7 Å². The number of carbonyl (C=O) groups excluding carboxylic acids is 1. The SMILES string of the molecule is CC(C)c1cc(C(N)N(C(N)=O)c2ccc3c(ccn3CCC3CCNCC3)c2)c(O)cc1O. The van der Waals surface area contributed by atoms with Gasteiger partial charge in [-0.15, -0.1) is 0 Å². The first kappa shape index (κ1) is 23.9. The van der Waals surface area contributed by atoms with E-state index >= 15 is 0 Å². The Balaban J connectivity index is 1.61. The number of urea groups is 1. The lowest BCUT2D eigenvalue weighted by atomic mass is 9.95. The number of aryl methyl sites for hydroxylation is 1. The summed E-state index contributed by atoms with van der Waals surface area (Å²) in [5.74, 6) is 0.553. The number of nitrogens with two attached hydrogens (primary N) is 2. The quantitative estimate of drug-likeness (QED) is 0.335. The highest BCUT2D eigenvalue weighted by Crippen LogP contribution is 2.37. The van der Waals surface area contributed by atoms with E-state index in [1.165, 1.54) is 23.8 Å². The van der Waals surface area contributed by atoms with E-state index in [-0.39, 0.29) is 17.4 Å². The third-order valence-electron chi connectivity index (χ3n) is 6.90. The summed E-state index contributed by atoms with van der Waals surface area (Å²) in [4.78, 5) is 13.7. The van der Waals surface area contributed by atoms with Crippen LogP contribution >= 0.6 is 0 Å². The lowest BCUT2D eigenvalue weighted by Gasteiger charge is -2.29. The fraction of sp³-hybridized carbons (Fsp3) is 0.423. The number of nitrogens with one attached hydrogen (secondary N) is 1. The average Bonchev–Trinajstić information content (AvgIpc) is 3.20. The van der Waals surface area contributed by atoms with E-state index in [1.54, 1.807) is 6.07 Å². The lowest BCUT2D eigenvalue weighted by molar-refractivity contribution is 0.252. The van der Waals surface area contributed by atoms with Crippen molar-refractivity contribution >= 4 is 22.6 Å². The molecule has 1 aliphatic rings. The smallest absolute Gasteiger partial charge is 0.320 e. The molecule has 1 unspecified atom stereocenters. The summed E-state index contributed by atoms with van der Waals surface area (Å²) in [5, 5.41) is 25.0. The highest BCUT2D eigenvalue weighted by molar-refractivity contribution is 5.95. The van der Waals surface area contributed by atoms with Crippen LogP contribution < -0.4 is 21.7 Å². The van der Waals surface area contributed by atoms with E-state index in [4.69, 9.17) is 11.5 Å². The third kappa shape index (κ3) is 4.83.